The van der Waals surface area contributed by atoms with E-state index in [1.165, 1.54) is 5.56 Å². The number of hydrogen-bond donors (Lipinski definition) is 0. The van der Waals surface area contributed by atoms with E-state index in [9.17, 15) is 0 Å². The first-order valence-corrected chi connectivity index (χ1v) is 7.35. The summed E-state index contributed by atoms with van der Waals surface area (Å²) in [6.07, 6.45) is 1.91. The number of hydrogen-bond acceptors (Lipinski definition) is 3. The molecule has 5 heteroatoms. The monoisotopic (exact) mass is 332 g/mol. The van der Waals surface area contributed by atoms with Gasteiger partial charge < -0.3 is 9.64 Å². The average Bonchev–Trinajstić information content (AvgIpc) is 2.30. The number of pyridine rings is 1. The van der Waals surface area contributed by atoms with Crippen molar-refractivity contribution in [2.24, 2.45) is 0 Å². The lowest BCUT2D eigenvalue weighted by Gasteiger charge is -2.43. The molecule has 2 heterocycles. The van der Waals surface area contributed by atoms with E-state index in [0.29, 0.717) is 5.88 Å². The standard InChI is InChI=1S/C13H18BrClN2O/c1-9-4-12(16-6-11(9)14)17-7-10(5-15)18-13(2,3)8-17/h4,6,10H,5,7-8H2,1-3H3. The van der Waals surface area contributed by atoms with Crippen LogP contribution in [-0.2, 0) is 4.74 Å². The van der Waals surface area contributed by atoms with Gasteiger partial charge in [0.25, 0.3) is 0 Å². The Balaban J connectivity index is 2.23. The molecule has 1 unspecified atom stereocenters. The predicted molar refractivity (Wildman–Crippen MR) is 78.6 cm³/mol. The number of rotatable bonds is 2. The molecule has 2 rings (SSSR count). The SMILES string of the molecule is Cc1cc(N2CC(CCl)OC(C)(C)C2)ncc1Br. The fourth-order valence-corrected chi connectivity index (χ4v) is 2.63. The minimum absolute atomic E-state index is 0.0566. The third-order valence-electron chi connectivity index (χ3n) is 3.01. The Morgan fingerprint density at radius 3 is 2.94 bits per heavy atom. The lowest BCUT2D eigenvalue weighted by Crippen LogP contribution is -2.53. The number of morpholine rings is 1. The molecule has 3 nitrogen and oxygen atoms in total. The van der Waals surface area contributed by atoms with Gasteiger partial charge in [0.15, 0.2) is 0 Å². The van der Waals surface area contributed by atoms with Crippen LogP contribution in [0.25, 0.3) is 0 Å². The summed E-state index contributed by atoms with van der Waals surface area (Å²) in [4.78, 5) is 6.72. The highest BCUT2D eigenvalue weighted by Gasteiger charge is 2.33. The third-order valence-corrected chi connectivity index (χ3v) is 4.18. The van der Waals surface area contributed by atoms with Gasteiger partial charge in [0.05, 0.1) is 17.6 Å². The van der Waals surface area contributed by atoms with Crippen molar-refractivity contribution in [2.75, 3.05) is 23.9 Å². The maximum Gasteiger partial charge on any atom is 0.129 e. The van der Waals surface area contributed by atoms with Crippen molar-refractivity contribution in [3.63, 3.8) is 0 Å². The minimum Gasteiger partial charge on any atom is -0.367 e. The molecule has 0 aromatic carbocycles. The molecule has 1 atom stereocenters. The van der Waals surface area contributed by atoms with Crippen molar-refractivity contribution in [1.29, 1.82) is 0 Å². The molecule has 0 radical (unpaired) electrons. The molecule has 1 aliphatic rings. The van der Waals surface area contributed by atoms with E-state index in [-0.39, 0.29) is 11.7 Å². The van der Waals surface area contributed by atoms with Crippen LogP contribution in [0.4, 0.5) is 5.82 Å². The summed E-state index contributed by atoms with van der Waals surface area (Å²) in [5.41, 5.74) is 0.993. The van der Waals surface area contributed by atoms with Crippen molar-refractivity contribution in [2.45, 2.75) is 32.5 Å². The van der Waals surface area contributed by atoms with E-state index < -0.39 is 0 Å². The van der Waals surface area contributed by atoms with Crippen molar-refractivity contribution >= 4 is 33.3 Å². The van der Waals surface area contributed by atoms with Crippen LogP contribution in [0.15, 0.2) is 16.7 Å². The van der Waals surface area contributed by atoms with Gasteiger partial charge >= 0.3 is 0 Å². The van der Waals surface area contributed by atoms with E-state index in [2.05, 4.69) is 52.7 Å². The third kappa shape index (κ3) is 3.16. The van der Waals surface area contributed by atoms with E-state index in [1.54, 1.807) is 0 Å². The van der Waals surface area contributed by atoms with Gasteiger partial charge in [-0.2, -0.15) is 0 Å². The highest BCUT2D eigenvalue weighted by atomic mass is 79.9. The first kappa shape index (κ1) is 14.1. The Bertz CT molecular complexity index is 439. The molecule has 0 aliphatic carbocycles. The van der Waals surface area contributed by atoms with Crippen LogP contribution in [0.2, 0.25) is 0 Å². The molecule has 0 N–H and O–H groups in total. The quantitative estimate of drug-likeness (QED) is 0.776. The summed E-state index contributed by atoms with van der Waals surface area (Å²) in [6.45, 7) is 7.87. The summed E-state index contributed by atoms with van der Waals surface area (Å²) in [6, 6.07) is 2.09. The van der Waals surface area contributed by atoms with Gasteiger partial charge in [-0.3, -0.25) is 0 Å². The topological polar surface area (TPSA) is 25.4 Å². The summed E-state index contributed by atoms with van der Waals surface area (Å²) in [5, 5.41) is 0. The maximum absolute atomic E-state index is 5.94. The zero-order valence-corrected chi connectivity index (χ0v) is 13.3. The van der Waals surface area contributed by atoms with Crippen LogP contribution in [0.5, 0.6) is 0 Å². The maximum atomic E-state index is 5.94. The van der Waals surface area contributed by atoms with Crippen molar-refractivity contribution < 1.29 is 4.74 Å². The Labute approximate surface area is 122 Å². The summed E-state index contributed by atoms with van der Waals surface area (Å²) in [7, 11) is 0. The Morgan fingerprint density at radius 2 is 2.33 bits per heavy atom. The molecular formula is C13H18BrClN2O. The van der Waals surface area contributed by atoms with Gasteiger partial charge in [-0.05, 0) is 48.3 Å². The van der Waals surface area contributed by atoms with E-state index in [1.807, 2.05) is 6.20 Å². The smallest absolute Gasteiger partial charge is 0.129 e. The van der Waals surface area contributed by atoms with Gasteiger partial charge in [-0.15, -0.1) is 11.6 Å². The number of nitrogens with zero attached hydrogens (tertiary/aromatic N) is 2. The second-order valence-electron chi connectivity index (χ2n) is 5.33. The van der Waals surface area contributed by atoms with E-state index >= 15 is 0 Å². The van der Waals surface area contributed by atoms with Crippen molar-refractivity contribution in [3.05, 3.63) is 22.3 Å². The number of ether oxygens (including phenoxy) is 1. The number of aryl methyl sites for hydroxylation is 1. The largest absolute Gasteiger partial charge is 0.367 e. The number of aromatic nitrogens is 1. The number of alkyl halides is 1. The zero-order chi connectivity index (χ0) is 13.3. The second-order valence-corrected chi connectivity index (χ2v) is 6.49. The predicted octanol–water partition coefficient (Wildman–Crippen LogP) is 3.38. The Morgan fingerprint density at radius 1 is 1.61 bits per heavy atom. The lowest BCUT2D eigenvalue weighted by atomic mass is 10.1. The minimum atomic E-state index is -0.194. The van der Waals surface area contributed by atoms with Crippen LogP contribution < -0.4 is 4.90 Å². The fraction of sp³-hybridized carbons (Fsp3) is 0.615. The summed E-state index contributed by atoms with van der Waals surface area (Å²) < 4.78 is 6.95. The van der Waals surface area contributed by atoms with E-state index in [0.717, 1.165) is 23.4 Å². The molecule has 0 bridgehead atoms. The average molecular weight is 334 g/mol. The molecule has 0 spiro atoms. The lowest BCUT2D eigenvalue weighted by molar-refractivity contribution is -0.0736. The van der Waals surface area contributed by atoms with E-state index in [4.69, 9.17) is 16.3 Å². The molecule has 18 heavy (non-hydrogen) atoms. The first-order valence-electron chi connectivity index (χ1n) is 6.02. The summed E-state index contributed by atoms with van der Waals surface area (Å²) in [5.74, 6) is 1.50. The van der Waals surface area contributed by atoms with Gasteiger partial charge in [0.2, 0.25) is 0 Å². The normalized spacial score (nSPS) is 23.2. The van der Waals surface area contributed by atoms with Crippen LogP contribution in [0, 0.1) is 6.92 Å². The highest BCUT2D eigenvalue weighted by Crippen LogP contribution is 2.27. The van der Waals surface area contributed by atoms with Crippen LogP contribution in [0.1, 0.15) is 19.4 Å². The van der Waals surface area contributed by atoms with Gasteiger partial charge in [-0.1, -0.05) is 0 Å². The molecule has 1 aromatic heterocycles. The van der Waals surface area contributed by atoms with Crippen LogP contribution in [0.3, 0.4) is 0 Å². The number of anilines is 1. The molecule has 0 saturated carbocycles. The molecule has 1 fully saturated rings. The number of halogens is 2. The highest BCUT2D eigenvalue weighted by molar-refractivity contribution is 9.10. The molecule has 100 valence electrons. The van der Waals surface area contributed by atoms with Crippen LogP contribution >= 0.6 is 27.5 Å². The van der Waals surface area contributed by atoms with Crippen LogP contribution in [-0.4, -0.2) is 35.7 Å². The molecular weight excluding hydrogens is 316 g/mol. The molecule has 1 aliphatic heterocycles. The molecule has 1 aromatic rings. The van der Waals surface area contributed by atoms with Crippen molar-refractivity contribution in [3.8, 4) is 0 Å². The van der Waals surface area contributed by atoms with Gasteiger partial charge in [-0.25, -0.2) is 4.98 Å². The molecule has 0 amide bonds. The zero-order valence-electron chi connectivity index (χ0n) is 10.9. The molecule has 1 saturated heterocycles. The first-order chi connectivity index (χ1) is 8.41. The Hall–Kier alpha value is -0.320. The fourth-order valence-electron chi connectivity index (χ4n) is 2.25. The Kier molecular flexibility index (Phi) is 4.19. The second kappa shape index (κ2) is 5.35. The van der Waals surface area contributed by atoms with Gasteiger partial charge in [0.1, 0.15) is 5.82 Å². The van der Waals surface area contributed by atoms with Crippen molar-refractivity contribution in [1.82, 2.24) is 4.98 Å². The van der Waals surface area contributed by atoms with Gasteiger partial charge in [0, 0.05) is 23.8 Å². The summed E-state index contributed by atoms with van der Waals surface area (Å²) >= 11 is 9.41.